The van der Waals surface area contributed by atoms with Gasteiger partial charge in [-0.3, -0.25) is 4.70 Å². The second-order valence-electron chi connectivity index (χ2n) is 3.57. The van der Waals surface area contributed by atoms with Crippen molar-refractivity contribution in [3.8, 4) is 0 Å². The van der Waals surface area contributed by atoms with Crippen LogP contribution >= 0.6 is 0 Å². The van der Waals surface area contributed by atoms with Crippen molar-refractivity contribution in [2.45, 2.75) is 52.4 Å². The molecule has 0 aromatic rings. The van der Waals surface area contributed by atoms with E-state index in [9.17, 15) is 8.42 Å². The predicted molar refractivity (Wildman–Crippen MR) is 60.2 cm³/mol. The SMILES string of the molecule is CCCCCS(=O)(=O)CCCCC.F. The zero-order valence-electron chi connectivity index (χ0n) is 9.29. The standard InChI is InChI=1S/C10H22O2S.FH/c1-3-5-7-9-13(11,12)10-8-6-4-2;/h3-10H2,1-2H3;1H. The Hall–Kier alpha value is -0.120. The first kappa shape index (κ1) is 16.3. The minimum Gasteiger partial charge on any atom is -0.269 e. The van der Waals surface area contributed by atoms with Gasteiger partial charge in [-0.1, -0.05) is 39.5 Å². The van der Waals surface area contributed by atoms with E-state index in [2.05, 4.69) is 13.8 Å². The first-order valence-corrected chi connectivity index (χ1v) is 7.15. The molecule has 0 atom stereocenters. The molecule has 0 saturated carbocycles. The number of halogens is 1. The molecule has 88 valence electrons. The van der Waals surface area contributed by atoms with E-state index in [-0.39, 0.29) is 4.70 Å². The van der Waals surface area contributed by atoms with Crippen molar-refractivity contribution in [1.29, 1.82) is 0 Å². The Labute approximate surface area is 87.4 Å². The summed E-state index contributed by atoms with van der Waals surface area (Å²) >= 11 is 0. The fourth-order valence-corrected chi connectivity index (χ4v) is 2.74. The maximum atomic E-state index is 11.4. The van der Waals surface area contributed by atoms with Crippen LogP contribution in [0.2, 0.25) is 0 Å². The average Bonchev–Trinajstić information content (AvgIpc) is 2.05. The monoisotopic (exact) mass is 226 g/mol. The van der Waals surface area contributed by atoms with Crippen molar-refractivity contribution >= 4 is 9.84 Å². The summed E-state index contributed by atoms with van der Waals surface area (Å²) in [7, 11) is -2.73. The summed E-state index contributed by atoms with van der Waals surface area (Å²) in [4.78, 5) is 0. The third-order valence-corrected chi connectivity index (χ3v) is 3.94. The fraction of sp³-hybridized carbons (Fsp3) is 1.00. The molecule has 0 aliphatic rings. The predicted octanol–water partition coefficient (Wildman–Crippen LogP) is 2.93. The normalized spacial score (nSPS) is 11.0. The molecular formula is C10H23FO2S. The van der Waals surface area contributed by atoms with Gasteiger partial charge in [0.2, 0.25) is 0 Å². The van der Waals surface area contributed by atoms with Gasteiger partial charge < -0.3 is 0 Å². The zero-order valence-corrected chi connectivity index (χ0v) is 10.1. The van der Waals surface area contributed by atoms with Crippen LogP contribution in [0.25, 0.3) is 0 Å². The third-order valence-electron chi connectivity index (χ3n) is 2.12. The average molecular weight is 226 g/mol. The molecule has 0 aliphatic carbocycles. The van der Waals surface area contributed by atoms with Crippen LogP contribution in [-0.2, 0) is 9.84 Å². The molecule has 4 heteroatoms. The van der Waals surface area contributed by atoms with Gasteiger partial charge in [-0.05, 0) is 12.8 Å². The Kier molecular flexibility index (Phi) is 11.0. The number of unbranched alkanes of at least 4 members (excludes halogenated alkanes) is 4. The molecule has 2 nitrogen and oxygen atoms in total. The third kappa shape index (κ3) is 9.96. The van der Waals surface area contributed by atoms with Crippen LogP contribution in [0.5, 0.6) is 0 Å². The molecule has 14 heavy (non-hydrogen) atoms. The lowest BCUT2D eigenvalue weighted by atomic mass is 10.3. The Morgan fingerprint density at radius 2 is 1.14 bits per heavy atom. The van der Waals surface area contributed by atoms with Gasteiger partial charge in [0, 0.05) is 0 Å². The molecule has 0 fully saturated rings. The maximum absolute atomic E-state index is 11.4. The molecule has 0 aromatic heterocycles. The maximum Gasteiger partial charge on any atom is 0.150 e. The van der Waals surface area contributed by atoms with Gasteiger partial charge >= 0.3 is 0 Å². The quantitative estimate of drug-likeness (QED) is 0.596. The van der Waals surface area contributed by atoms with Crippen LogP contribution in [0.15, 0.2) is 0 Å². The minimum atomic E-state index is -2.73. The summed E-state index contributed by atoms with van der Waals surface area (Å²) in [6.07, 6.45) is 5.92. The van der Waals surface area contributed by atoms with E-state index in [0.717, 1.165) is 38.5 Å². The van der Waals surface area contributed by atoms with Gasteiger partial charge in [-0.2, -0.15) is 0 Å². The van der Waals surface area contributed by atoms with Crippen molar-refractivity contribution in [3.05, 3.63) is 0 Å². The van der Waals surface area contributed by atoms with E-state index in [0.29, 0.717) is 11.5 Å². The van der Waals surface area contributed by atoms with Gasteiger partial charge in [0.05, 0.1) is 11.5 Å². The van der Waals surface area contributed by atoms with Gasteiger partial charge in [0.15, 0.2) is 0 Å². The van der Waals surface area contributed by atoms with Crippen LogP contribution in [0, 0.1) is 0 Å². The molecule has 0 bridgehead atoms. The Morgan fingerprint density at radius 3 is 1.43 bits per heavy atom. The molecule has 0 spiro atoms. The van der Waals surface area contributed by atoms with Crippen LogP contribution < -0.4 is 0 Å². The molecule has 0 aromatic carbocycles. The largest absolute Gasteiger partial charge is 0.269 e. The van der Waals surface area contributed by atoms with Crippen molar-refractivity contribution in [2.75, 3.05) is 11.5 Å². The molecule has 0 saturated heterocycles. The molecule has 0 radical (unpaired) electrons. The highest BCUT2D eigenvalue weighted by atomic mass is 32.2. The van der Waals surface area contributed by atoms with Gasteiger partial charge in [0.25, 0.3) is 0 Å². The van der Waals surface area contributed by atoms with Crippen LogP contribution in [0.3, 0.4) is 0 Å². The van der Waals surface area contributed by atoms with Crippen LogP contribution in [0.4, 0.5) is 4.70 Å². The summed E-state index contributed by atoms with van der Waals surface area (Å²) in [6.45, 7) is 4.17. The fourth-order valence-electron chi connectivity index (χ4n) is 1.25. The molecule has 0 unspecified atom stereocenters. The van der Waals surface area contributed by atoms with E-state index < -0.39 is 9.84 Å². The second-order valence-corrected chi connectivity index (χ2v) is 5.87. The molecule has 0 amide bonds. The van der Waals surface area contributed by atoms with Gasteiger partial charge in [-0.15, -0.1) is 0 Å². The first-order chi connectivity index (χ1) is 6.12. The lowest BCUT2D eigenvalue weighted by Gasteiger charge is -2.02. The highest BCUT2D eigenvalue weighted by molar-refractivity contribution is 7.91. The Balaban J connectivity index is 0. The highest BCUT2D eigenvalue weighted by Gasteiger charge is 2.08. The zero-order chi connectivity index (χ0) is 10.2. The lowest BCUT2D eigenvalue weighted by Crippen LogP contribution is -2.10. The van der Waals surface area contributed by atoms with Gasteiger partial charge in [-0.25, -0.2) is 8.42 Å². The first-order valence-electron chi connectivity index (χ1n) is 5.32. The summed E-state index contributed by atoms with van der Waals surface area (Å²) in [5.41, 5.74) is 0. The summed E-state index contributed by atoms with van der Waals surface area (Å²) in [5.74, 6) is 0.787. The molecule has 0 aliphatic heterocycles. The molecule has 0 N–H and O–H groups in total. The number of sulfone groups is 1. The molecule has 0 heterocycles. The summed E-state index contributed by atoms with van der Waals surface area (Å²) < 4.78 is 22.8. The number of hydrogen-bond donors (Lipinski definition) is 0. The van der Waals surface area contributed by atoms with E-state index >= 15 is 0 Å². The summed E-state index contributed by atoms with van der Waals surface area (Å²) in [6, 6.07) is 0. The smallest absolute Gasteiger partial charge is 0.150 e. The van der Waals surface area contributed by atoms with Crippen molar-refractivity contribution in [1.82, 2.24) is 0 Å². The van der Waals surface area contributed by atoms with E-state index in [4.69, 9.17) is 0 Å². The highest BCUT2D eigenvalue weighted by Crippen LogP contribution is 2.04. The van der Waals surface area contributed by atoms with Crippen molar-refractivity contribution in [3.63, 3.8) is 0 Å². The topological polar surface area (TPSA) is 34.1 Å². The van der Waals surface area contributed by atoms with Gasteiger partial charge in [0.1, 0.15) is 9.84 Å². The van der Waals surface area contributed by atoms with Crippen LogP contribution in [0.1, 0.15) is 52.4 Å². The van der Waals surface area contributed by atoms with Crippen LogP contribution in [-0.4, -0.2) is 19.9 Å². The minimum absolute atomic E-state index is 0. The van der Waals surface area contributed by atoms with E-state index in [1.807, 2.05) is 0 Å². The van der Waals surface area contributed by atoms with E-state index in [1.165, 1.54) is 0 Å². The number of rotatable bonds is 8. The van der Waals surface area contributed by atoms with E-state index in [1.54, 1.807) is 0 Å². The van der Waals surface area contributed by atoms with Crippen molar-refractivity contribution in [2.24, 2.45) is 0 Å². The Morgan fingerprint density at radius 1 is 0.786 bits per heavy atom. The molecule has 0 rings (SSSR count). The Bertz CT molecular complexity index is 184. The van der Waals surface area contributed by atoms with Crippen molar-refractivity contribution < 1.29 is 13.1 Å². The lowest BCUT2D eigenvalue weighted by molar-refractivity contribution is 0.586. The molecular weight excluding hydrogens is 203 g/mol. The summed E-state index contributed by atoms with van der Waals surface area (Å²) in [5, 5.41) is 0. The second kappa shape index (κ2) is 9.44. The number of hydrogen-bond acceptors (Lipinski definition) is 2.